The van der Waals surface area contributed by atoms with Gasteiger partial charge in [0.15, 0.2) is 0 Å². The number of benzene rings is 1. The predicted octanol–water partition coefficient (Wildman–Crippen LogP) is 3.03. The summed E-state index contributed by atoms with van der Waals surface area (Å²) in [4.78, 5) is 11.1. The van der Waals surface area contributed by atoms with Crippen LogP contribution >= 0.6 is 0 Å². The molecule has 0 unspecified atom stereocenters. The summed E-state index contributed by atoms with van der Waals surface area (Å²) in [6, 6.07) is 5.08. The van der Waals surface area contributed by atoms with Crippen molar-refractivity contribution in [3.8, 4) is 5.75 Å². The molecule has 0 aliphatic heterocycles. The van der Waals surface area contributed by atoms with Gasteiger partial charge < -0.3 is 20.1 Å². The van der Waals surface area contributed by atoms with E-state index in [2.05, 4.69) is 15.4 Å². The molecule has 0 radical (unpaired) electrons. The smallest absolute Gasteiger partial charge is 0.411 e. The minimum absolute atomic E-state index is 0.00799. The van der Waals surface area contributed by atoms with Crippen LogP contribution in [0.25, 0.3) is 0 Å². The Morgan fingerprint density at radius 1 is 1.27 bits per heavy atom. The molecule has 1 aromatic rings. The lowest BCUT2D eigenvalue weighted by atomic mass is 10.2. The molecule has 0 atom stereocenters. The number of hydrogen-bond donors (Lipinski definition) is 2. The zero-order valence-electron chi connectivity index (χ0n) is 12.4. The first-order valence-electron chi connectivity index (χ1n) is 6.66. The van der Waals surface area contributed by atoms with Crippen molar-refractivity contribution in [1.82, 2.24) is 0 Å². The lowest BCUT2D eigenvalue weighted by molar-refractivity contribution is -0.173. The normalized spacial score (nSPS) is 11.1. The van der Waals surface area contributed by atoms with Crippen molar-refractivity contribution in [1.29, 1.82) is 0 Å². The van der Waals surface area contributed by atoms with E-state index in [1.165, 1.54) is 14.0 Å². The van der Waals surface area contributed by atoms with Crippen LogP contribution in [-0.4, -0.2) is 39.0 Å². The molecule has 0 fully saturated rings. The summed E-state index contributed by atoms with van der Waals surface area (Å²) >= 11 is 0. The van der Waals surface area contributed by atoms with Crippen LogP contribution in [0.3, 0.4) is 0 Å². The van der Waals surface area contributed by atoms with Gasteiger partial charge in [0.25, 0.3) is 0 Å². The fourth-order valence-electron chi connectivity index (χ4n) is 1.68. The molecule has 0 bridgehead atoms. The molecule has 22 heavy (non-hydrogen) atoms. The molecule has 124 valence electrons. The van der Waals surface area contributed by atoms with E-state index in [1.54, 1.807) is 18.2 Å². The third-order valence-electron chi connectivity index (χ3n) is 2.58. The fraction of sp³-hybridized carbons (Fsp3) is 0.500. The summed E-state index contributed by atoms with van der Waals surface area (Å²) in [5, 5.41) is 5.69. The van der Waals surface area contributed by atoms with Crippen LogP contribution in [0.2, 0.25) is 0 Å². The Labute approximate surface area is 126 Å². The van der Waals surface area contributed by atoms with Crippen LogP contribution in [0.1, 0.15) is 13.3 Å². The first-order valence-corrected chi connectivity index (χ1v) is 6.66. The first-order chi connectivity index (χ1) is 10.3. The van der Waals surface area contributed by atoms with E-state index < -0.39 is 12.8 Å². The Morgan fingerprint density at radius 2 is 2.00 bits per heavy atom. The number of methoxy groups -OCH3 is 1. The number of amides is 1. The standard InChI is InChI=1S/C14H19F3N2O3/c1-10(20)19-12-5-4-11(21-2)8-13(12)18-6-3-7-22-9-14(15,16)17/h4-5,8,18H,3,6-7,9H2,1-2H3,(H,19,20). The van der Waals surface area contributed by atoms with E-state index >= 15 is 0 Å². The highest BCUT2D eigenvalue weighted by molar-refractivity contribution is 5.92. The maximum atomic E-state index is 11.9. The van der Waals surface area contributed by atoms with Crippen LogP contribution in [0, 0.1) is 0 Å². The van der Waals surface area contributed by atoms with E-state index in [1.807, 2.05) is 0 Å². The lowest BCUT2D eigenvalue weighted by Gasteiger charge is -2.14. The maximum Gasteiger partial charge on any atom is 0.411 e. The highest BCUT2D eigenvalue weighted by Gasteiger charge is 2.27. The first kappa shape index (κ1) is 18.1. The van der Waals surface area contributed by atoms with Crippen LogP contribution in [0.15, 0.2) is 18.2 Å². The molecule has 0 saturated carbocycles. The van der Waals surface area contributed by atoms with Gasteiger partial charge in [-0.3, -0.25) is 4.79 Å². The number of ether oxygens (including phenoxy) is 2. The maximum absolute atomic E-state index is 11.9. The van der Waals surface area contributed by atoms with E-state index in [4.69, 9.17) is 4.74 Å². The van der Waals surface area contributed by atoms with Crippen molar-refractivity contribution in [2.75, 3.05) is 37.5 Å². The molecule has 0 aromatic heterocycles. The van der Waals surface area contributed by atoms with Gasteiger partial charge in [0, 0.05) is 26.1 Å². The summed E-state index contributed by atoms with van der Waals surface area (Å²) in [6.07, 6.45) is -3.91. The third kappa shape index (κ3) is 7.16. The van der Waals surface area contributed by atoms with E-state index in [-0.39, 0.29) is 12.5 Å². The SMILES string of the molecule is COc1ccc(NC(C)=O)c(NCCCOCC(F)(F)F)c1. The van der Waals surface area contributed by atoms with Gasteiger partial charge in [0.05, 0.1) is 18.5 Å². The molecule has 0 spiro atoms. The van der Waals surface area contributed by atoms with Gasteiger partial charge in [-0.05, 0) is 18.6 Å². The molecule has 1 rings (SSSR count). The van der Waals surface area contributed by atoms with Gasteiger partial charge in [0.2, 0.25) is 5.91 Å². The summed E-state index contributed by atoms with van der Waals surface area (Å²) in [6.45, 7) is 0.534. The van der Waals surface area contributed by atoms with E-state index in [0.717, 1.165) is 0 Å². The molecule has 1 amide bonds. The van der Waals surface area contributed by atoms with Gasteiger partial charge in [-0.15, -0.1) is 0 Å². The second kappa shape index (κ2) is 8.47. The van der Waals surface area contributed by atoms with Crippen LogP contribution in [-0.2, 0) is 9.53 Å². The minimum atomic E-state index is -4.31. The lowest BCUT2D eigenvalue weighted by Crippen LogP contribution is -2.18. The topological polar surface area (TPSA) is 59.6 Å². The number of alkyl halides is 3. The number of rotatable bonds is 8. The van der Waals surface area contributed by atoms with Crippen molar-refractivity contribution in [3.63, 3.8) is 0 Å². The molecule has 0 saturated heterocycles. The number of halogens is 3. The molecule has 0 aliphatic rings. The van der Waals surface area contributed by atoms with Crippen molar-refractivity contribution < 1.29 is 27.4 Å². The monoisotopic (exact) mass is 320 g/mol. The fourth-order valence-corrected chi connectivity index (χ4v) is 1.68. The number of hydrogen-bond acceptors (Lipinski definition) is 4. The van der Waals surface area contributed by atoms with Gasteiger partial charge in [-0.2, -0.15) is 13.2 Å². The Bertz CT molecular complexity index is 493. The van der Waals surface area contributed by atoms with Crippen molar-refractivity contribution >= 4 is 17.3 Å². The summed E-state index contributed by atoms with van der Waals surface area (Å²) in [5.41, 5.74) is 1.20. The largest absolute Gasteiger partial charge is 0.497 e. The van der Waals surface area contributed by atoms with E-state index in [0.29, 0.717) is 30.1 Å². The van der Waals surface area contributed by atoms with Gasteiger partial charge >= 0.3 is 6.18 Å². The molecule has 0 aliphatic carbocycles. The predicted molar refractivity (Wildman–Crippen MR) is 77.3 cm³/mol. The summed E-state index contributed by atoms with van der Waals surface area (Å²) < 4.78 is 45.3. The van der Waals surface area contributed by atoms with Crippen molar-refractivity contribution in [2.24, 2.45) is 0 Å². The number of carbonyl (C=O) groups is 1. The van der Waals surface area contributed by atoms with Gasteiger partial charge in [0.1, 0.15) is 12.4 Å². The number of anilines is 2. The molecular formula is C14H19F3N2O3. The highest BCUT2D eigenvalue weighted by atomic mass is 19.4. The van der Waals surface area contributed by atoms with Crippen LogP contribution in [0.4, 0.5) is 24.5 Å². The molecule has 8 heteroatoms. The van der Waals surface area contributed by atoms with Crippen molar-refractivity contribution in [2.45, 2.75) is 19.5 Å². The van der Waals surface area contributed by atoms with Gasteiger partial charge in [-0.1, -0.05) is 0 Å². The molecular weight excluding hydrogens is 301 g/mol. The highest BCUT2D eigenvalue weighted by Crippen LogP contribution is 2.27. The van der Waals surface area contributed by atoms with Crippen LogP contribution in [0.5, 0.6) is 5.75 Å². The molecule has 0 heterocycles. The summed E-state index contributed by atoms with van der Waals surface area (Å²) in [5.74, 6) is 0.381. The zero-order chi connectivity index (χ0) is 16.6. The second-order valence-electron chi connectivity index (χ2n) is 4.54. The number of carbonyl (C=O) groups excluding carboxylic acids is 1. The second-order valence-corrected chi connectivity index (χ2v) is 4.54. The molecule has 2 N–H and O–H groups in total. The minimum Gasteiger partial charge on any atom is -0.497 e. The average Bonchev–Trinajstić information content (AvgIpc) is 2.42. The van der Waals surface area contributed by atoms with E-state index in [9.17, 15) is 18.0 Å². The quantitative estimate of drug-likeness (QED) is 0.723. The Kier molecular flexibility index (Phi) is 6.97. The average molecular weight is 320 g/mol. The number of nitrogens with one attached hydrogen (secondary N) is 2. The Hall–Kier alpha value is -1.96. The molecule has 5 nitrogen and oxygen atoms in total. The van der Waals surface area contributed by atoms with Crippen molar-refractivity contribution in [3.05, 3.63) is 18.2 Å². The third-order valence-corrected chi connectivity index (χ3v) is 2.58. The summed E-state index contributed by atoms with van der Waals surface area (Å²) in [7, 11) is 1.52. The zero-order valence-corrected chi connectivity index (χ0v) is 12.4. The Morgan fingerprint density at radius 3 is 2.59 bits per heavy atom. The van der Waals surface area contributed by atoms with Gasteiger partial charge in [-0.25, -0.2) is 0 Å². The Balaban J connectivity index is 2.47. The van der Waals surface area contributed by atoms with Crippen LogP contribution < -0.4 is 15.4 Å². The molecule has 1 aromatic carbocycles.